The van der Waals surface area contributed by atoms with Gasteiger partial charge in [0.25, 0.3) is 0 Å². The molecule has 0 amide bonds. The summed E-state index contributed by atoms with van der Waals surface area (Å²) < 4.78 is 5.66. The highest BCUT2D eigenvalue weighted by molar-refractivity contribution is 6.31. The van der Waals surface area contributed by atoms with Crippen molar-refractivity contribution in [3.63, 3.8) is 0 Å². The summed E-state index contributed by atoms with van der Waals surface area (Å²) in [7, 11) is 0. The van der Waals surface area contributed by atoms with Crippen LogP contribution in [0.25, 0.3) is 0 Å². The van der Waals surface area contributed by atoms with E-state index in [4.69, 9.17) is 16.3 Å². The molecular weight excluding hydrogens is 260 g/mol. The largest absolute Gasteiger partial charge is 0.478 e. The van der Waals surface area contributed by atoms with Crippen molar-refractivity contribution in [2.24, 2.45) is 5.92 Å². The molecule has 0 fully saturated rings. The Balaban J connectivity index is 2.48. The van der Waals surface area contributed by atoms with E-state index in [2.05, 4.69) is 38.0 Å². The first-order valence-electron chi connectivity index (χ1n) is 7.00. The summed E-state index contributed by atoms with van der Waals surface area (Å²) >= 11 is 6.12. The maximum absolute atomic E-state index is 6.12. The second-order valence-electron chi connectivity index (χ2n) is 5.50. The molecule has 0 spiro atoms. The van der Waals surface area contributed by atoms with Gasteiger partial charge in [-0.2, -0.15) is 0 Å². The minimum Gasteiger partial charge on any atom is -0.478 e. The molecule has 1 aromatic heterocycles. The van der Waals surface area contributed by atoms with Gasteiger partial charge in [0, 0.05) is 18.7 Å². The first-order valence-corrected chi connectivity index (χ1v) is 7.38. The molecule has 3 nitrogen and oxygen atoms in total. The SMILES string of the molecule is CC(C)CCCOc1ccc(Cl)c(CNC(C)C)n1. The number of hydrogen-bond donors (Lipinski definition) is 1. The molecule has 0 unspecified atom stereocenters. The highest BCUT2D eigenvalue weighted by Crippen LogP contribution is 2.18. The summed E-state index contributed by atoms with van der Waals surface area (Å²) in [5.74, 6) is 1.38. The molecule has 19 heavy (non-hydrogen) atoms. The summed E-state index contributed by atoms with van der Waals surface area (Å²) in [5.41, 5.74) is 0.844. The van der Waals surface area contributed by atoms with E-state index in [0.29, 0.717) is 36.0 Å². The van der Waals surface area contributed by atoms with Crippen LogP contribution in [0.1, 0.15) is 46.2 Å². The summed E-state index contributed by atoms with van der Waals surface area (Å²) in [6.45, 7) is 10.0. The molecule has 1 rings (SSSR count). The van der Waals surface area contributed by atoms with E-state index < -0.39 is 0 Å². The first-order chi connectivity index (χ1) is 8.99. The van der Waals surface area contributed by atoms with Gasteiger partial charge in [0.05, 0.1) is 17.3 Å². The lowest BCUT2D eigenvalue weighted by Crippen LogP contribution is -2.22. The predicted molar refractivity (Wildman–Crippen MR) is 80.8 cm³/mol. The van der Waals surface area contributed by atoms with E-state index in [1.54, 1.807) is 0 Å². The second-order valence-corrected chi connectivity index (χ2v) is 5.91. The van der Waals surface area contributed by atoms with Gasteiger partial charge in [-0.15, -0.1) is 0 Å². The molecule has 4 heteroatoms. The zero-order valence-corrected chi connectivity index (χ0v) is 13.1. The third-order valence-electron chi connectivity index (χ3n) is 2.75. The second kappa shape index (κ2) is 8.39. The molecule has 1 aromatic rings. The lowest BCUT2D eigenvalue weighted by Gasteiger charge is -2.11. The van der Waals surface area contributed by atoms with Gasteiger partial charge < -0.3 is 10.1 Å². The topological polar surface area (TPSA) is 34.1 Å². The fraction of sp³-hybridized carbons (Fsp3) is 0.667. The minimum absolute atomic E-state index is 0.411. The van der Waals surface area contributed by atoms with Gasteiger partial charge in [0.1, 0.15) is 0 Å². The summed E-state index contributed by atoms with van der Waals surface area (Å²) in [4.78, 5) is 4.44. The van der Waals surface area contributed by atoms with E-state index in [1.807, 2.05) is 12.1 Å². The highest BCUT2D eigenvalue weighted by Gasteiger charge is 2.06. The molecule has 0 aliphatic rings. The molecule has 0 aliphatic carbocycles. The van der Waals surface area contributed by atoms with Crippen molar-refractivity contribution in [2.45, 2.75) is 53.1 Å². The molecule has 0 aromatic carbocycles. The van der Waals surface area contributed by atoms with Gasteiger partial charge in [-0.25, -0.2) is 4.98 Å². The Bertz CT molecular complexity index is 380. The predicted octanol–water partition coefficient (Wildman–Crippen LogP) is 4.05. The van der Waals surface area contributed by atoms with Crippen LogP contribution < -0.4 is 10.1 Å². The maximum Gasteiger partial charge on any atom is 0.213 e. The zero-order chi connectivity index (χ0) is 14.3. The van der Waals surface area contributed by atoms with Gasteiger partial charge in [-0.1, -0.05) is 39.3 Å². The normalized spacial score (nSPS) is 11.3. The van der Waals surface area contributed by atoms with Crippen molar-refractivity contribution >= 4 is 11.6 Å². The van der Waals surface area contributed by atoms with Gasteiger partial charge >= 0.3 is 0 Å². The third kappa shape index (κ3) is 6.79. The minimum atomic E-state index is 0.411. The lowest BCUT2D eigenvalue weighted by molar-refractivity contribution is 0.286. The van der Waals surface area contributed by atoms with E-state index in [0.717, 1.165) is 12.1 Å². The first kappa shape index (κ1) is 16.3. The lowest BCUT2D eigenvalue weighted by atomic mass is 10.1. The van der Waals surface area contributed by atoms with Gasteiger partial charge in [-0.05, 0) is 24.8 Å². The monoisotopic (exact) mass is 284 g/mol. The Morgan fingerprint density at radius 1 is 1.26 bits per heavy atom. The van der Waals surface area contributed by atoms with Gasteiger partial charge in [0.2, 0.25) is 5.88 Å². The Morgan fingerprint density at radius 2 is 2.00 bits per heavy atom. The van der Waals surface area contributed by atoms with Crippen LogP contribution in [-0.2, 0) is 6.54 Å². The van der Waals surface area contributed by atoms with Gasteiger partial charge in [0.15, 0.2) is 0 Å². The Kier molecular flexibility index (Phi) is 7.17. The van der Waals surface area contributed by atoms with Crippen LogP contribution in [0.3, 0.4) is 0 Å². The van der Waals surface area contributed by atoms with E-state index in [1.165, 1.54) is 6.42 Å². The number of rotatable bonds is 8. The highest BCUT2D eigenvalue weighted by atomic mass is 35.5. The molecule has 0 atom stereocenters. The van der Waals surface area contributed by atoms with Crippen LogP contribution >= 0.6 is 11.6 Å². The number of hydrogen-bond acceptors (Lipinski definition) is 3. The average molecular weight is 285 g/mol. The summed E-state index contributed by atoms with van der Waals surface area (Å²) in [6.07, 6.45) is 2.23. The summed E-state index contributed by atoms with van der Waals surface area (Å²) in [6, 6.07) is 4.09. The molecule has 0 radical (unpaired) electrons. The van der Waals surface area contributed by atoms with Crippen LogP contribution in [-0.4, -0.2) is 17.6 Å². The van der Waals surface area contributed by atoms with Crippen LogP contribution in [0.15, 0.2) is 12.1 Å². The fourth-order valence-corrected chi connectivity index (χ4v) is 1.81. The molecular formula is C15H25ClN2O. The van der Waals surface area contributed by atoms with Crippen molar-refractivity contribution in [1.82, 2.24) is 10.3 Å². The third-order valence-corrected chi connectivity index (χ3v) is 3.09. The average Bonchev–Trinajstić information content (AvgIpc) is 2.34. The Labute approximate surface area is 121 Å². The number of pyridine rings is 1. The number of nitrogens with zero attached hydrogens (tertiary/aromatic N) is 1. The zero-order valence-electron chi connectivity index (χ0n) is 12.4. The maximum atomic E-state index is 6.12. The fourth-order valence-electron chi connectivity index (χ4n) is 1.64. The molecule has 0 bridgehead atoms. The van der Waals surface area contributed by atoms with Crippen molar-refractivity contribution in [3.05, 3.63) is 22.8 Å². The number of halogens is 1. The molecule has 0 aliphatic heterocycles. The number of nitrogens with one attached hydrogen (secondary N) is 1. The molecule has 108 valence electrons. The van der Waals surface area contributed by atoms with Crippen molar-refractivity contribution in [2.75, 3.05) is 6.61 Å². The standard InChI is InChI=1S/C15H25ClN2O/c1-11(2)6-5-9-19-15-8-7-13(16)14(18-15)10-17-12(3)4/h7-8,11-12,17H,5-6,9-10H2,1-4H3. The Hall–Kier alpha value is -0.800. The molecule has 1 heterocycles. The number of ether oxygens (including phenoxy) is 1. The quantitative estimate of drug-likeness (QED) is 0.731. The van der Waals surface area contributed by atoms with Crippen LogP contribution in [0, 0.1) is 5.92 Å². The van der Waals surface area contributed by atoms with Crippen LogP contribution in [0.4, 0.5) is 0 Å². The van der Waals surface area contributed by atoms with Crippen LogP contribution in [0.5, 0.6) is 5.88 Å². The molecule has 0 saturated heterocycles. The van der Waals surface area contributed by atoms with Gasteiger partial charge in [-0.3, -0.25) is 0 Å². The van der Waals surface area contributed by atoms with E-state index in [9.17, 15) is 0 Å². The van der Waals surface area contributed by atoms with E-state index >= 15 is 0 Å². The van der Waals surface area contributed by atoms with Crippen molar-refractivity contribution < 1.29 is 4.74 Å². The summed E-state index contributed by atoms with van der Waals surface area (Å²) in [5, 5.41) is 3.99. The molecule has 1 N–H and O–H groups in total. The van der Waals surface area contributed by atoms with Crippen LogP contribution in [0.2, 0.25) is 5.02 Å². The van der Waals surface area contributed by atoms with E-state index in [-0.39, 0.29) is 0 Å². The Morgan fingerprint density at radius 3 is 2.63 bits per heavy atom. The smallest absolute Gasteiger partial charge is 0.213 e. The molecule has 0 saturated carbocycles. The van der Waals surface area contributed by atoms with Crippen molar-refractivity contribution in [1.29, 1.82) is 0 Å². The van der Waals surface area contributed by atoms with Crippen molar-refractivity contribution in [3.8, 4) is 5.88 Å². The number of aromatic nitrogens is 1.